The maximum Gasteiger partial charge on any atom is 0.316 e. The Balaban J connectivity index is 2.86. The molecule has 0 aliphatic heterocycles. The number of anilines is 1. The van der Waals surface area contributed by atoms with E-state index in [1.54, 1.807) is 20.3 Å². The second-order valence-corrected chi connectivity index (χ2v) is 5.11. The Kier molecular flexibility index (Phi) is 6.64. The van der Waals surface area contributed by atoms with E-state index in [1.807, 2.05) is 25.8 Å². The van der Waals surface area contributed by atoms with Crippen molar-refractivity contribution in [1.29, 1.82) is 0 Å². The summed E-state index contributed by atoms with van der Waals surface area (Å²) in [5, 5.41) is 3.99. The maximum atomic E-state index is 11.8. The van der Waals surface area contributed by atoms with Crippen molar-refractivity contribution in [2.75, 3.05) is 39.8 Å². The highest BCUT2D eigenvalue weighted by Gasteiger charge is 2.29. The summed E-state index contributed by atoms with van der Waals surface area (Å²) in [4.78, 5) is 13.7. The van der Waals surface area contributed by atoms with Crippen molar-refractivity contribution in [3.8, 4) is 0 Å². The number of carbonyl (C=O) groups excluding carboxylic acids is 1. The van der Waals surface area contributed by atoms with Gasteiger partial charge in [-0.2, -0.15) is 0 Å². The normalized spacial score (nSPS) is 12.8. The van der Waals surface area contributed by atoms with E-state index < -0.39 is 5.92 Å². The Bertz CT molecular complexity index is 442. The third kappa shape index (κ3) is 4.44. The molecule has 1 aromatic heterocycles. The predicted molar refractivity (Wildman–Crippen MR) is 77.2 cm³/mol. The molecule has 0 saturated heterocycles. The van der Waals surface area contributed by atoms with Gasteiger partial charge in [-0.25, -0.2) is 0 Å². The first kappa shape index (κ1) is 17.5. The molecule has 1 aromatic rings. The van der Waals surface area contributed by atoms with Crippen LogP contribution in [-0.4, -0.2) is 52.3 Å². The van der Waals surface area contributed by atoms with Crippen molar-refractivity contribution < 1.29 is 23.5 Å². The summed E-state index contributed by atoms with van der Waals surface area (Å²) < 4.78 is 20.4. The molecule has 21 heavy (non-hydrogen) atoms. The molecule has 0 radical (unpaired) electrons. The van der Waals surface area contributed by atoms with Gasteiger partial charge in [0.25, 0.3) is 0 Å². The molecule has 1 rings (SSSR count). The number of hydrogen-bond donors (Lipinski definition) is 0. The van der Waals surface area contributed by atoms with Gasteiger partial charge >= 0.3 is 5.97 Å². The summed E-state index contributed by atoms with van der Waals surface area (Å²) in [5.74, 6) is 0.352. The fourth-order valence-corrected chi connectivity index (χ4v) is 2.01. The lowest BCUT2D eigenvalue weighted by Gasteiger charge is -2.21. The topological polar surface area (TPSA) is 74.0 Å². The molecule has 0 bridgehead atoms. The Labute approximate surface area is 125 Å². The molecule has 0 N–H and O–H groups in total. The minimum atomic E-state index is -0.467. The first-order chi connectivity index (χ1) is 9.94. The molecule has 1 unspecified atom stereocenters. The summed E-state index contributed by atoms with van der Waals surface area (Å²) in [6.45, 7) is 4.35. The Morgan fingerprint density at radius 1 is 1.33 bits per heavy atom. The summed E-state index contributed by atoms with van der Waals surface area (Å²) in [6.07, 6.45) is -0.364. The van der Waals surface area contributed by atoms with Crippen LogP contribution in [0.2, 0.25) is 0 Å². The fourth-order valence-electron chi connectivity index (χ4n) is 2.01. The molecule has 0 aromatic carbocycles. The SMILES string of the molecule is COC(=O)C(c1cc(N(C)CC(OC)OC)no1)C(C)C. The van der Waals surface area contributed by atoms with E-state index in [2.05, 4.69) is 5.16 Å². The van der Waals surface area contributed by atoms with Crippen molar-refractivity contribution in [2.45, 2.75) is 26.1 Å². The van der Waals surface area contributed by atoms with Gasteiger partial charge < -0.3 is 23.6 Å². The van der Waals surface area contributed by atoms with Crippen LogP contribution in [0, 0.1) is 5.92 Å². The van der Waals surface area contributed by atoms with E-state index in [-0.39, 0.29) is 18.2 Å². The maximum absolute atomic E-state index is 11.8. The van der Waals surface area contributed by atoms with E-state index in [0.717, 1.165) is 0 Å². The summed E-state index contributed by atoms with van der Waals surface area (Å²) in [6, 6.07) is 1.74. The molecule has 1 atom stereocenters. The summed E-state index contributed by atoms with van der Waals surface area (Å²) >= 11 is 0. The van der Waals surface area contributed by atoms with Crippen LogP contribution in [0.4, 0.5) is 5.82 Å². The third-order valence-electron chi connectivity index (χ3n) is 3.28. The van der Waals surface area contributed by atoms with Crippen molar-refractivity contribution in [3.63, 3.8) is 0 Å². The standard InChI is InChI=1S/C14H24N2O5/c1-9(2)13(14(17)20-6)10-7-11(15-21-10)16(3)8-12(18-4)19-5/h7,9,12-13H,8H2,1-6H3. The van der Waals surface area contributed by atoms with Gasteiger partial charge in [0.05, 0.1) is 13.7 Å². The van der Waals surface area contributed by atoms with Crippen LogP contribution in [0.15, 0.2) is 10.6 Å². The minimum absolute atomic E-state index is 0.0502. The minimum Gasteiger partial charge on any atom is -0.468 e. The molecular formula is C14H24N2O5. The zero-order valence-corrected chi connectivity index (χ0v) is 13.5. The van der Waals surface area contributed by atoms with Gasteiger partial charge in [0.1, 0.15) is 5.92 Å². The lowest BCUT2D eigenvalue weighted by molar-refractivity contribution is -0.144. The van der Waals surface area contributed by atoms with Crippen molar-refractivity contribution in [3.05, 3.63) is 11.8 Å². The largest absolute Gasteiger partial charge is 0.468 e. The second kappa shape index (κ2) is 7.99. The number of esters is 1. The Morgan fingerprint density at radius 2 is 1.95 bits per heavy atom. The number of rotatable bonds is 8. The highest BCUT2D eigenvalue weighted by molar-refractivity contribution is 5.77. The van der Waals surface area contributed by atoms with Gasteiger partial charge in [0, 0.05) is 27.3 Å². The molecule has 7 heteroatoms. The van der Waals surface area contributed by atoms with Gasteiger partial charge in [-0.1, -0.05) is 19.0 Å². The van der Waals surface area contributed by atoms with E-state index in [4.69, 9.17) is 18.7 Å². The fraction of sp³-hybridized carbons (Fsp3) is 0.714. The summed E-state index contributed by atoms with van der Waals surface area (Å²) in [7, 11) is 6.35. The number of nitrogens with zero attached hydrogens (tertiary/aromatic N) is 2. The zero-order chi connectivity index (χ0) is 16.0. The smallest absolute Gasteiger partial charge is 0.316 e. The van der Waals surface area contributed by atoms with E-state index in [0.29, 0.717) is 18.1 Å². The van der Waals surface area contributed by atoms with Crippen molar-refractivity contribution in [1.82, 2.24) is 5.16 Å². The zero-order valence-electron chi connectivity index (χ0n) is 13.5. The van der Waals surface area contributed by atoms with Gasteiger partial charge in [-0.05, 0) is 5.92 Å². The van der Waals surface area contributed by atoms with E-state index >= 15 is 0 Å². The molecule has 120 valence electrons. The van der Waals surface area contributed by atoms with E-state index in [9.17, 15) is 4.79 Å². The molecule has 7 nitrogen and oxygen atoms in total. The molecule has 0 aliphatic rings. The van der Waals surface area contributed by atoms with Gasteiger partial charge in [-0.15, -0.1) is 0 Å². The predicted octanol–water partition coefficient (Wildman–Crippen LogP) is 1.64. The van der Waals surface area contributed by atoms with Crippen LogP contribution in [-0.2, 0) is 19.0 Å². The van der Waals surface area contributed by atoms with Crippen molar-refractivity contribution >= 4 is 11.8 Å². The quantitative estimate of drug-likeness (QED) is 0.533. The molecule has 0 amide bonds. The Hall–Kier alpha value is -1.60. The number of hydrogen-bond acceptors (Lipinski definition) is 7. The Morgan fingerprint density at radius 3 is 2.43 bits per heavy atom. The lowest BCUT2D eigenvalue weighted by atomic mass is 9.93. The van der Waals surface area contributed by atoms with E-state index in [1.165, 1.54) is 7.11 Å². The third-order valence-corrected chi connectivity index (χ3v) is 3.28. The van der Waals surface area contributed by atoms with Crippen LogP contribution in [0.3, 0.4) is 0 Å². The molecule has 0 saturated carbocycles. The average molecular weight is 300 g/mol. The van der Waals surface area contributed by atoms with Crippen LogP contribution < -0.4 is 4.90 Å². The second-order valence-electron chi connectivity index (χ2n) is 5.11. The molecule has 1 heterocycles. The first-order valence-electron chi connectivity index (χ1n) is 6.75. The van der Waals surface area contributed by atoms with Gasteiger partial charge in [0.2, 0.25) is 0 Å². The first-order valence-corrected chi connectivity index (χ1v) is 6.75. The molecular weight excluding hydrogens is 276 g/mol. The number of carbonyl (C=O) groups is 1. The highest BCUT2D eigenvalue weighted by atomic mass is 16.7. The summed E-state index contributed by atoms with van der Waals surface area (Å²) in [5.41, 5.74) is 0. The van der Waals surface area contributed by atoms with Crippen LogP contribution in [0.1, 0.15) is 25.5 Å². The van der Waals surface area contributed by atoms with Gasteiger partial charge in [-0.3, -0.25) is 4.79 Å². The number of methoxy groups -OCH3 is 3. The lowest BCUT2D eigenvalue weighted by Crippen LogP contribution is -2.31. The molecule has 0 fully saturated rings. The van der Waals surface area contributed by atoms with Gasteiger partial charge in [0.15, 0.2) is 17.9 Å². The monoisotopic (exact) mass is 300 g/mol. The highest BCUT2D eigenvalue weighted by Crippen LogP contribution is 2.28. The molecule has 0 aliphatic carbocycles. The number of aromatic nitrogens is 1. The van der Waals surface area contributed by atoms with Crippen molar-refractivity contribution in [2.24, 2.45) is 5.92 Å². The average Bonchev–Trinajstić information content (AvgIpc) is 2.93. The van der Waals surface area contributed by atoms with Crippen LogP contribution in [0.25, 0.3) is 0 Å². The molecule has 0 spiro atoms. The van der Waals surface area contributed by atoms with Crippen LogP contribution in [0.5, 0.6) is 0 Å². The number of likely N-dealkylation sites (N-methyl/N-ethyl adjacent to an activating group) is 1. The number of ether oxygens (including phenoxy) is 3. The van der Waals surface area contributed by atoms with Crippen LogP contribution >= 0.6 is 0 Å².